The van der Waals surface area contributed by atoms with Crippen LogP contribution in [0, 0.1) is 0 Å². The Hall–Kier alpha value is -1.58. The van der Waals surface area contributed by atoms with Crippen molar-refractivity contribution in [3.63, 3.8) is 0 Å². The average molecular weight is 194 g/mol. The third-order valence-corrected chi connectivity index (χ3v) is 1.79. The van der Waals surface area contributed by atoms with Crippen molar-refractivity contribution in [3.8, 4) is 0 Å². The summed E-state index contributed by atoms with van der Waals surface area (Å²) in [5.74, 6) is 0. The summed E-state index contributed by atoms with van der Waals surface area (Å²) in [7, 11) is 0. The molecule has 14 heavy (non-hydrogen) atoms. The molecule has 0 radical (unpaired) electrons. The second kappa shape index (κ2) is 4.60. The van der Waals surface area contributed by atoms with Gasteiger partial charge in [0.1, 0.15) is 6.61 Å². The van der Waals surface area contributed by atoms with E-state index in [9.17, 15) is 4.79 Å². The van der Waals surface area contributed by atoms with Crippen molar-refractivity contribution in [2.75, 3.05) is 13.2 Å². The number of rotatable bonds is 3. The first-order valence-electron chi connectivity index (χ1n) is 4.45. The topological polar surface area (TPSA) is 41.9 Å². The quantitative estimate of drug-likeness (QED) is 0.644. The molecule has 0 atom stereocenters. The Morgan fingerprint density at radius 1 is 1.71 bits per heavy atom. The minimum atomic E-state index is -0.314. The van der Waals surface area contributed by atoms with Gasteiger partial charge < -0.3 is 4.74 Å². The zero-order valence-electron chi connectivity index (χ0n) is 8.49. The lowest BCUT2D eigenvalue weighted by Crippen LogP contribution is -2.24. The van der Waals surface area contributed by atoms with Gasteiger partial charge in [-0.3, -0.25) is 9.89 Å². The summed E-state index contributed by atoms with van der Waals surface area (Å²) in [5.41, 5.74) is 1.45. The van der Waals surface area contributed by atoms with E-state index in [1.165, 1.54) is 0 Å². The fourth-order valence-corrected chi connectivity index (χ4v) is 1.10. The third kappa shape index (κ3) is 2.45. The van der Waals surface area contributed by atoms with Crippen molar-refractivity contribution in [2.24, 2.45) is 4.99 Å². The van der Waals surface area contributed by atoms with E-state index in [-0.39, 0.29) is 6.09 Å². The van der Waals surface area contributed by atoms with Crippen LogP contribution in [0.5, 0.6) is 0 Å². The SMILES string of the molecule is C=C(C)/N=C\C(=C/C)N1CCOC1=O. The maximum Gasteiger partial charge on any atom is 0.414 e. The number of nitrogens with zero attached hydrogens (tertiary/aromatic N) is 2. The molecule has 0 spiro atoms. The summed E-state index contributed by atoms with van der Waals surface area (Å²) >= 11 is 0. The molecule has 0 aromatic rings. The lowest BCUT2D eigenvalue weighted by atomic mass is 10.4. The lowest BCUT2D eigenvalue weighted by molar-refractivity contribution is 0.165. The number of carbonyl (C=O) groups excluding carboxylic acids is 1. The fraction of sp³-hybridized carbons (Fsp3) is 0.400. The van der Waals surface area contributed by atoms with Gasteiger partial charge in [-0.2, -0.15) is 0 Å². The Bertz CT molecular complexity index is 305. The van der Waals surface area contributed by atoms with Gasteiger partial charge in [-0.1, -0.05) is 12.7 Å². The Balaban J connectivity index is 2.72. The summed E-state index contributed by atoms with van der Waals surface area (Å²) < 4.78 is 4.82. The van der Waals surface area contributed by atoms with Crippen LogP contribution in [-0.4, -0.2) is 30.4 Å². The van der Waals surface area contributed by atoms with Crippen molar-refractivity contribution in [2.45, 2.75) is 13.8 Å². The highest BCUT2D eigenvalue weighted by molar-refractivity contribution is 5.86. The number of amides is 1. The van der Waals surface area contributed by atoms with Gasteiger partial charge in [0, 0.05) is 5.70 Å². The largest absolute Gasteiger partial charge is 0.447 e. The third-order valence-electron chi connectivity index (χ3n) is 1.79. The molecule has 1 fully saturated rings. The molecule has 0 N–H and O–H groups in total. The second-order valence-electron chi connectivity index (χ2n) is 2.97. The summed E-state index contributed by atoms with van der Waals surface area (Å²) in [5, 5.41) is 0. The second-order valence-corrected chi connectivity index (χ2v) is 2.97. The molecule has 1 aliphatic heterocycles. The molecule has 0 aromatic heterocycles. The number of carbonyl (C=O) groups is 1. The van der Waals surface area contributed by atoms with Crippen LogP contribution >= 0.6 is 0 Å². The Morgan fingerprint density at radius 2 is 2.43 bits per heavy atom. The summed E-state index contributed by atoms with van der Waals surface area (Å²) in [6, 6.07) is 0. The highest BCUT2D eigenvalue weighted by Gasteiger charge is 2.23. The zero-order chi connectivity index (χ0) is 10.6. The first-order valence-corrected chi connectivity index (χ1v) is 4.45. The van der Waals surface area contributed by atoms with Gasteiger partial charge in [-0.15, -0.1) is 0 Å². The summed E-state index contributed by atoms with van der Waals surface area (Å²) in [4.78, 5) is 16.8. The van der Waals surface area contributed by atoms with Gasteiger partial charge in [0.25, 0.3) is 0 Å². The lowest BCUT2D eigenvalue weighted by Gasteiger charge is -2.12. The van der Waals surface area contributed by atoms with Crippen LogP contribution < -0.4 is 0 Å². The predicted molar refractivity (Wildman–Crippen MR) is 55.1 cm³/mol. The summed E-state index contributed by atoms with van der Waals surface area (Å²) in [6.45, 7) is 8.32. The molecule has 76 valence electrons. The maximum atomic E-state index is 11.2. The maximum absolute atomic E-state index is 11.2. The first kappa shape index (κ1) is 10.5. The molecule has 1 heterocycles. The van der Waals surface area contributed by atoms with Crippen LogP contribution in [0.15, 0.2) is 29.0 Å². The summed E-state index contributed by atoms with van der Waals surface area (Å²) in [6.07, 6.45) is 3.12. The number of ether oxygens (including phenoxy) is 1. The Morgan fingerprint density at radius 3 is 2.86 bits per heavy atom. The highest BCUT2D eigenvalue weighted by atomic mass is 16.6. The van der Waals surface area contributed by atoms with Gasteiger partial charge >= 0.3 is 6.09 Å². The minimum Gasteiger partial charge on any atom is -0.447 e. The van der Waals surface area contributed by atoms with Gasteiger partial charge in [-0.25, -0.2) is 4.79 Å². The van der Waals surface area contributed by atoms with Crippen LogP contribution in [0.3, 0.4) is 0 Å². The number of cyclic esters (lactones) is 1. The highest BCUT2D eigenvalue weighted by Crippen LogP contribution is 2.10. The fourth-order valence-electron chi connectivity index (χ4n) is 1.10. The molecule has 1 rings (SSSR count). The van der Waals surface area contributed by atoms with E-state index in [1.807, 2.05) is 13.0 Å². The van der Waals surface area contributed by atoms with Crippen LogP contribution in [-0.2, 0) is 4.74 Å². The average Bonchev–Trinajstić information content (AvgIpc) is 2.53. The van der Waals surface area contributed by atoms with E-state index < -0.39 is 0 Å². The van der Waals surface area contributed by atoms with Crippen molar-refractivity contribution in [1.82, 2.24) is 4.90 Å². The van der Waals surface area contributed by atoms with Gasteiger partial charge in [0.15, 0.2) is 0 Å². The molecule has 1 amide bonds. The van der Waals surface area contributed by atoms with Crippen molar-refractivity contribution >= 4 is 12.3 Å². The van der Waals surface area contributed by atoms with E-state index in [1.54, 1.807) is 18.0 Å². The van der Waals surface area contributed by atoms with E-state index in [0.29, 0.717) is 18.8 Å². The number of hydrogen-bond donors (Lipinski definition) is 0. The van der Waals surface area contributed by atoms with Crippen molar-refractivity contribution in [3.05, 3.63) is 24.0 Å². The first-order chi connectivity index (χ1) is 6.65. The molecule has 0 aliphatic carbocycles. The van der Waals surface area contributed by atoms with Crippen LogP contribution in [0.2, 0.25) is 0 Å². The van der Waals surface area contributed by atoms with E-state index >= 15 is 0 Å². The van der Waals surface area contributed by atoms with E-state index in [2.05, 4.69) is 11.6 Å². The van der Waals surface area contributed by atoms with Gasteiger partial charge in [0.05, 0.1) is 18.5 Å². The van der Waals surface area contributed by atoms with Gasteiger partial charge in [-0.05, 0) is 13.8 Å². The Labute approximate surface area is 83.6 Å². The zero-order valence-corrected chi connectivity index (χ0v) is 8.49. The standard InChI is InChI=1S/C10H14N2O2/c1-4-9(7-11-8(2)3)12-5-6-14-10(12)13/h4,7H,2,5-6H2,1,3H3/b9-4+,11-7-. The monoisotopic (exact) mass is 194 g/mol. The Kier molecular flexibility index (Phi) is 3.45. The van der Waals surface area contributed by atoms with E-state index in [4.69, 9.17) is 4.74 Å². The van der Waals surface area contributed by atoms with Crippen molar-refractivity contribution in [1.29, 1.82) is 0 Å². The number of allylic oxidation sites excluding steroid dienone is 3. The minimum absolute atomic E-state index is 0.314. The van der Waals surface area contributed by atoms with Crippen LogP contribution in [0.1, 0.15) is 13.8 Å². The number of hydrogen-bond acceptors (Lipinski definition) is 3. The molecule has 0 bridgehead atoms. The smallest absolute Gasteiger partial charge is 0.414 e. The molecular formula is C10H14N2O2. The normalized spacial score (nSPS) is 17.7. The van der Waals surface area contributed by atoms with E-state index in [0.717, 1.165) is 5.70 Å². The predicted octanol–water partition coefficient (Wildman–Crippen LogP) is 1.95. The van der Waals surface area contributed by atoms with Crippen LogP contribution in [0.25, 0.3) is 0 Å². The molecule has 1 saturated heterocycles. The molecule has 0 unspecified atom stereocenters. The molecule has 0 saturated carbocycles. The van der Waals surface area contributed by atoms with Crippen LogP contribution in [0.4, 0.5) is 4.79 Å². The molecule has 4 heteroatoms. The molecular weight excluding hydrogens is 180 g/mol. The molecule has 4 nitrogen and oxygen atoms in total. The molecule has 0 aromatic carbocycles. The number of aliphatic imine (C=N–C) groups is 1. The molecule has 1 aliphatic rings. The van der Waals surface area contributed by atoms with Crippen molar-refractivity contribution < 1.29 is 9.53 Å². The van der Waals surface area contributed by atoms with Gasteiger partial charge in [0.2, 0.25) is 0 Å².